The molecular formula is C36H40BrN3O4S. The van der Waals surface area contributed by atoms with E-state index in [2.05, 4.69) is 21.2 Å². The van der Waals surface area contributed by atoms with Crippen LogP contribution in [0.2, 0.25) is 0 Å². The number of hydrogen-bond donors (Lipinski definition) is 1. The average Bonchev–Trinajstić information content (AvgIpc) is 3.02. The molecule has 0 saturated carbocycles. The van der Waals surface area contributed by atoms with E-state index < -0.39 is 28.5 Å². The number of carbonyl (C=O) groups excluding carboxylic acids is 2. The van der Waals surface area contributed by atoms with Crippen LogP contribution < -0.4 is 9.62 Å². The minimum atomic E-state index is -4.16. The SMILES string of the molecule is CCc1ccccc1N(CC(=O)N(Cc1ccc(Br)cc1)[C@@H](Cc1ccccc1)C(=O)NC(C)C)S(=O)(=O)c1ccc(C)cc1. The Labute approximate surface area is 275 Å². The third kappa shape index (κ3) is 8.83. The molecule has 0 aliphatic rings. The predicted octanol–water partition coefficient (Wildman–Crippen LogP) is 6.68. The van der Waals surface area contributed by atoms with Crippen LogP contribution in [-0.2, 0) is 39.0 Å². The van der Waals surface area contributed by atoms with Gasteiger partial charge in [-0.05, 0) is 74.2 Å². The summed E-state index contributed by atoms with van der Waals surface area (Å²) in [7, 11) is -4.16. The van der Waals surface area contributed by atoms with Crippen molar-refractivity contribution >= 4 is 43.5 Å². The van der Waals surface area contributed by atoms with Gasteiger partial charge in [0.25, 0.3) is 10.0 Å². The van der Waals surface area contributed by atoms with Gasteiger partial charge in [-0.1, -0.05) is 101 Å². The summed E-state index contributed by atoms with van der Waals surface area (Å²) in [5.74, 6) is -0.791. The van der Waals surface area contributed by atoms with Gasteiger partial charge in [-0.2, -0.15) is 0 Å². The summed E-state index contributed by atoms with van der Waals surface area (Å²) >= 11 is 3.47. The fourth-order valence-corrected chi connectivity index (χ4v) is 6.84. The normalized spacial score (nSPS) is 12.0. The maximum atomic E-state index is 14.6. The number of amides is 2. The Balaban J connectivity index is 1.83. The largest absolute Gasteiger partial charge is 0.352 e. The van der Waals surface area contributed by atoms with Gasteiger partial charge in [0.05, 0.1) is 10.6 Å². The Morgan fingerprint density at radius 3 is 2.07 bits per heavy atom. The Morgan fingerprint density at radius 1 is 0.822 bits per heavy atom. The van der Waals surface area contributed by atoms with E-state index in [1.165, 1.54) is 9.21 Å². The standard InChI is InChI=1S/C36H40BrN3O4S/c1-5-30-13-9-10-14-33(30)40(45(43,44)32-21-15-27(4)16-22-32)25-35(41)39(24-29-17-19-31(37)20-18-29)34(36(42)38-26(2)3)23-28-11-7-6-8-12-28/h6-22,26,34H,5,23-25H2,1-4H3,(H,38,42)/t34-/m0/s1. The van der Waals surface area contributed by atoms with E-state index in [0.717, 1.165) is 26.7 Å². The van der Waals surface area contributed by atoms with Gasteiger partial charge in [0.1, 0.15) is 12.6 Å². The summed E-state index contributed by atoms with van der Waals surface area (Å²) in [6.07, 6.45) is 0.832. The highest BCUT2D eigenvalue weighted by molar-refractivity contribution is 9.10. The molecule has 0 aliphatic carbocycles. The molecule has 4 aromatic carbocycles. The number of halogens is 1. The van der Waals surface area contributed by atoms with Crippen LogP contribution in [0.3, 0.4) is 0 Å². The summed E-state index contributed by atoms with van der Waals surface area (Å²) in [6.45, 7) is 7.21. The van der Waals surface area contributed by atoms with Crippen LogP contribution in [0.1, 0.15) is 43.0 Å². The first-order valence-corrected chi connectivity index (χ1v) is 17.3. The van der Waals surface area contributed by atoms with Crippen LogP contribution >= 0.6 is 15.9 Å². The third-order valence-corrected chi connectivity index (χ3v) is 9.80. The van der Waals surface area contributed by atoms with E-state index in [1.807, 2.05) is 94.4 Å². The number of para-hydroxylation sites is 1. The Hall–Kier alpha value is -3.95. The van der Waals surface area contributed by atoms with Crippen molar-refractivity contribution in [3.8, 4) is 0 Å². The second-order valence-electron chi connectivity index (χ2n) is 11.3. The van der Waals surface area contributed by atoms with Crippen LogP contribution in [0, 0.1) is 6.92 Å². The molecule has 0 saturated heterocycles. The summed E-state index contributed by atoms with van der Waals surface area (Å²) in [4.78, 5) is 30.0. The molecule has 0 aromatic heterocycles. The van der Waals surface area contributed by atoms with Crippen molar-refractivity contribution in [1.29, 1.82) is 0 Å². The van der Waals surface area contributed by atoms with Crippen molar-refractivity contribution in [2.75, 3.05) is 10.8 Å². The molecule has 0 heterocycles. The molecule has 4 rings (SSSR count). The first kappa shape index (κ1) is 33.9. The number of nitrogens with one attached hydrogen (secondary N) is 1. The van der Waals surface area contributed by atoms with E-state index in [0.29, 0.717) is 12.1 Å². The van der Waals surface area contributed by atoms with Gasteiger partial charge < -0.3 is 10.2 Å². The number of nitrogens with zero attached hydrogens (tertiary/aromatic N) is 2. The Morgan fingerprint density at radius 2 is 1.44 bits per heavy atom. The zero-order valence-electron chi connectivity index (χ0n) is 26.1. The average molecular weight is 691 g/mol. The lowest BCUT2D eigenvalue weighted by Gasteiger charge is -2.34. The van der Waals surface area contributed by atoms with Gasteiger partial charge in [0, 0.05) is 23.5 Å². The second kappa shape index (κ2) is 15.4. The summed E-state index contributed by atoms with van der Waals surface area (Å²) in [5, 5.41) is 2.99. The topological polar surface area (TPSA) is 86.8 Å². The van der Waals surface area contributed by atoms with Crippen LogP contribution in [0.5, 0.6) is 0 Å². The number of aryl methyl sites for hydroxylation is 2. The van der Waals surface area contributed by atoms with Crippen molar-refractivity contribution in [1.82, 2.24) is 10.2 Å². The van der Waals surface area contributed by atoms with Crippen LogP contribution in [0.15, 0.2) is 112 Å². The Kier molecular flexibility index (Phi) is 11.6. The minimum Gasteiger partial charge on any atom is -0.352 e. The summed E-state index contributed by atoms with van der Waals surface area (Å²) in [5.41, 5.74) is 3.84. The van der Waals surface area contributed by atoms with E-state index in [9.17, 15) is 18.0 Å². The molecule has 1 N–H and O–H groups in total. The number of sulfonamides is 1. The number of benzene rings is 4. The van der Waals surface area contributed by atoms with E-state index in [-0.39, 0.29) is 29.8 Å². The van der Waals surface area contributed by atoms with Crippen molar-refractivity contribution in [3.63, 3.8) is 0 Å². The smallest absolute Gasteiger partial charge is 0.264 e. The molecule has 0 radical (unpaired) electrons. The van der Waals surface area contributed by atoms with Gasteiger partial charge in [-0.15, -0.1) is 0 Å². The number of anilines is 1. The highest BCUT2D eigenvalue weighted by Gasteiger charge is 2.35. The summed E-state index contributed by atoms with van der Waals surface area (Å²) < 4.78 is 30.6. The molecule has 0 fully saturated rings. The molecule has 45 heavy (non-hydrogen) atoms. The molecule has 0 aliphatic heterocycles. The maximum Gasteiger partial charge on any atom is 0.264 e. The highest BCUT2D eigenvalue weighted by Crippen LogP contribution is 2.29. The number of hydrogen-bond acceptors (Lipinski definition) is 4. The summed E-state index contributed by atoms with van der Waals surface area (Å²) in [6, 6.07) is 29.8. The third-order valence-electron chi connectivity index (χ3n) is 7.50. The van der Waals surface area contributed by atoms with Gasteiger partial charge in [-0.25, -0.2) is 8.42 Å². The highest BCUT2D eigenvalue weighted by atomic mass is 79.9. The first-order chi connectivity index (χ1) is 21.5. The van der Waals surface area contributed by atoms with Crippen molar-refractivity contribution < 1.29 is 18.0 Å². The fraction of sp³-hybridized carbons (Fsp3) is 0.278. The number of rotatable bonds is 13. The monoisotopic (exact) mass is 689 g/mol. The maximum absolute atomic E-state index is 14.6. The minimum absolute atomic E-state index is 0.0876. The van der Waals surface area contributed by atoms with Gasteiger partial charge in [0.2, 0.25) is 11.8 Å². The van der Waals surface area contributed by atoms with E-state index in [1.54, 1.807) is 36.4 Å². The van der Waals surface area contributed by atoms with Crippen LogP contribution in [0.4, 0.5) is 5.69 Å². The lowest BCUT2D eigenvalue weighted by molar-refractivity contribution is -0.140. The molecule has 0 unspecified atom stereocenters. The zero-order chi connectivity index (χ0) is 32.6. The first-order valence-electron chi connectivity index (χ1n) is 15.0. The van der Waals surface area contributed by atoms with Gasteiger partial charge in [0.15, 0.2) is 0 Å². The van der Waals surface area contributed by atoms with Crippen LogP contribution in [0.25, 0.3) is 0 Å². The second-order valence-corrected chi connectivity index (χ2v) is 14.1. The molecule has 9 heteroatoms. The lowest BCUT2D eigenvalue weighted by atomic mass is 10.0. The van der Waals surface area contributed by atoms with Gasteiger partial charge >= 0.3 is 0 Å². The molecule has 4 aromatic rings. The molecule has 7 nitrogen and oxygen atoms in total. The van der Waals surface area contributed by atoms with Crippen molar-refractivity contribution in [2.24, 2.45) is 0 Å². The molecule has 2 amide bonds. The van der Waals surface area contributed by atoms with Gasteiger partial charge in [-0.3, -0.25) is 13.9 Å². The fourth-order valence-electron chi connectivity index (χ4n) is 5.13. The zero-order valence-corrected chi connectivity index (χ0v) is 28.5. The van der Waals surface area contributed by atoms with Crippen molar-refractivity contribution in [2.45, 2.75) is 64.1 Å². The van der Waals surface area contributed by atoms with E-state index >= 15 is 0 Å². The molecule has 236 valence electrons. The Bertz CT molecular complexity index is 1690. The van der Waals surface area contributed by atoms with Crippen molar-refractivity contribution in [3.05, 3.63) is 130 Å². The molecule has 1 atom stereocenters. The molecular weight excluding hydrogens is 650 g/mol. The predicted molar refractivity (Wildman–Crippen MR) is 183 cm³/mol. The van der Waals surface area contributed by atoms with Crippen LogP contribution in [-0.4, -0.2) is 43.8 Å². The van der Waals surface area contributed by atoms with E-state index in [4.69, 9.17) is 0 Å². The molecule has 0 bridgehead atoms. The lowest BCUT2D eigenvalue weighted by Crippen LogP contribution is -2.54. The number of carbonyl (C=O) groups is 2. The quantitative estimate of drug-likeness (QED) is 0.170. The molecule has 0 spiro atoms.